The molecule has 0 aliphatic heterocycles. The van der Waals surface area contributed by atoms with Crippen molar-refractivity contribution in [1.29, 1.82) is 0 Å². The van der Waals surface area contributed by atoms with Crippen LogP contribution in [0.2, 0.25) is 0 Å². The quantitative estimate of drug-likeness (QED) is 0.904. The van der Waals surface area contributed by atoms with Crippen molar-refractivity contribution in [3.63, 3.8) is 0 Å². The Balaban J connectivity index is 2.42. The van der Waals surface area contributed by atoms with Crippen LogP contribution in [0.3, 0.4) is 0 Å². The Bertz CT molecular complexity index is 720. The van der Waals surface area contributed by atoms with E-state index < -0.39 is 5.97 Å². The van der Waals surface area contributed by atoms with E-state index in [1.807, 2.05) is 38.1 Å². The van der Waals surface area contributed by atoms with Gasteiger partial charge in [0.15, 0.2) is 0 Å². The molecule has 0 spiro atoms. The lowest BCUT2D eigenvalue weighted by molar-refractivity contribution is -0.114. The van der Waals surface area contributed by atoms with Gasteiger partial charge in [0.05, 0.1) is 5.56 Å². The second-order valence-electron chi connectivity index (χ2n) is 5.05. The molecule has 0 saturated carbocycles. The fourth-order valence-electron chi connectivity index (χ4n) is 2.35. The second kappa shape index (κ2) is 5.79. The monoisotopic (exact) mass is 283 g/mol. The molecule has 2 N–H and O–H groups in total. The number of carboxylic acid groups (broad SMARTS) is 1. The Hall–Kier alpha value is -2.62. The number of aromatic carboxylic acids is 1. The van der Waals surface area contributed by atoms with Crippen LogP contribution in [0.1, 0.15) is 28.4 Å². The first-order valence-corrected chi connectivity index (χ1v) is 6.61. The third-order valence-electron chi connectivity index (χ3n) is 3.31. The minimum absolute atomic E-state index is 0.107. The first-order chi connectivity index (χ1) is 9.88. The van der Waals surface area contributed by atoms with E-state index in [-0.39, 0.29) is 11.5 Å². The molecule has 0 aliphatic carbocycles. The number of hydrogen-bond donors (Lipinski definition) is 2. The van der Waals surface area contributed by atoms with Crippen LogP contribution in [-0.2, 0) is 4.79 Å². The highest BCUT2D eigenvalue weighted by atomic mass is 16.4. The van der Waals surface area contributed by atoms with Crippen molar-refractivity contribution in [2.45, 2.75) is 20.8 Å². The van der Waals surface area contributed by atoms with Crippen LogP contribution < -0.4 is 5.32 Å². The summed E-state index contributed by atoms with van der Waals surface area (Å²) in [4.78, 5) is 22.0. The van der Waals surface area contributed by atoms with Crippen LogP contribution >= 0.6 is 0 Å². The van der Waals surface area contributed by atoms with Gasteiger partial charge in [-0.15, -0.1) is 0 Å². The number of anilines is 1. The highest BCUT2D eigenvalue weighted by Gasteiger charge is 2.09. The molecule has 2 aromatic carbocycles. The number of amides is 1. The van der Waals surface area contributed by atoms with Gasteiger partial charge in [0.1, 0.15) is 0 Å². The summed E-state index contributed by atoms with van der Waals surface area (Å²) >= 11 is 0. The summed E-state index contributed by atoms with van der Waals surface area (Å²) in [5.41, 5.74) is 4.98. The number of carboxylic acids is 1. The Morgan fingerprint density at radius 3 is 2.00 bits per heavy atom. The van der Waals surface area contributed by atoms with Gasteiger partial charge in [0.25, 0.3) is 0 Å². The number of carbonyl (C=O) groups excluding carboxylic acids is 1. The van der Waals surface area contributed by atoms with Gasteiger partial charge in [-0.05, 0) is 60.4 Å². The molecule has 0 atom stereocenters. The Morgan fingerprint density at radius 2 is 1.52 bits per heavy atom. The van der Waals surface area contributed by atoms with E-state index in [1.165, 1.54) is 6.92 Å². The van der Waals surface area contributed by atoms with Gasteiger partial charge in [0.2, 0.25) is 5.91 Å². The van der Waals surface area contributed by atoms with Gasteiger partial charge in [-0.2, -0.15) is 0 Å². The standard InChI is InChI=1S/C17H17NO3/c1-10-8-13(17(20)21)4-6-15(10)16-7-5-14(9-11(16)2)18-12(3)19/h4-9H,1-3H3,(H,18,19)(H,20,21). The summed E-state index contributed by atoms with van der Waals surface area (Å²) in [5, 5.41) is 11.8. The second-order valence-corrected chi connectivity index (χ2v) is 5.05. The number of benzene rings is 2. The summed E-state index contributed by atoms with van der Waals surface area (Å²) in [6.45, 7) is 5.33. The van der Waals surface area contributed by atoms with Gasteiger partial charge in [0, 0.05) is 12.6 Å². The van der Waals surface area contributed by atoms with Crippen LogP contribution in [0.25, 0.3) is 11.1 Å². The van der Waals surface area contributed by atoms with E-state index in [2.05, 4.69) is 5.32 Å². The molecule has 0 radical (unpaired) electrons. The number of hydrogen-bond acceptors (Lipinski definition) is 2. The van der Waals surface area contributed by atoms with E-state index in [4.69, 9.17) is 5.11 Å². The first kappa shape index (κ1) is 14.8. The molecule has 0 heterocycles. The lowest BCUT2D eigenvalue weighted by atomic mass is 9.95. The molecular weight excluding hydrogens is 266 g/mol. The lowest BCUT2D eigenvalue weighted by Gasteiger charge is -2.12. The van der Waals surface area contributed by atoms with E-state index in [9.17, 15) is 9.59 Å². The highest BCUT2D eigenvalue weighted by molar-refractivity contribution is 5.90. The van der Waals surface area contributed by atoms with Crippen molar-refractivity contribution in [2.75, 3.05) is 5.32 Å². The van der Waals surface area contributed by atoms with E-state index in [1.54, 1.807) is 12.1 Å². The molecule has 21 heavy (non-hydrogen) atoms. The Morgan fingerprint density at radius 1 is 0.952 bits per heavy atom. The number of rotatable bonds is 3. The molecule has 0 unspecified atom stereocenters. The lowest BCUT2D eigenvalue weighted by Crippen LogP contribution is -2.05. The normalized spacial score (nSPS) is 10.2. The molecule has 0 aromatic heterocycles. The predicted octanol–water partition coefficient (Wildman–Crippen LogP) is 3.63. The van der Waals surface area contributed by atoms with Crippen LogP contribution in [0.4, 0.5) is 5.69 Å². The SMILES string of the molecule is CC(=O)Nc1ccc(-c2ccc(C(=O)O)cc2C)c(C)c1. The van der Waals surface area contributed by atoms with Gasteiger partial charge in [-0.1, -0.05) is 12.1 Å². The molecule has 2 aromatic rings. The van der Waals surface area contributed by atoms with E-state index in [0.29, 0.717) is 0 Å². The first-order valence-electron chi connectivity index (χ1n) is 6.61. The highest BCUT2D eigenvalue weighted by Crippen LogP contribution is 2.29. The molecule has 0 aliphatic rings. The van der Waals surface area contributed by atoms with Crippen molar-refractivity contribution in [3.8, 4) is 11.1 Å². The Kier molecular flexibility index (Phi) is 4.08. The fraction of sp³-hybridized carbons (Fsp3) is 0.176. The molecule has 0 saturated heterocycles. The van der Waals surface area contributed by atoms with Gasteiger partial charge >= 0.3 is 5.97 Å². The zero-order valence-corrected chi connectivity index (χ0v) is 12.2. The van der Waals surface area contributed by atoms with Crippen LogP contribution in [0, 0.1) is 13.8 Å². The molecule has 0 fully saturated rings. The molecule has 4 heteroatoms. The summed E-state index contributed by atoms with van der Waals surface area (Å²) in [6.07, 6.45) is 0. The molecule has 2 rings (SSSR count). The topological polar surface area (TPSA) is 66.4 Å². The molecule has 4 nitrogen and oxygen atoms in total. The molecule has 108 valence electrons. The van der Waals surface area contributed by atoms with Crippen molar-refractivity contribution in [3.05, 3.63) is 53.1 Å². The number of carbonyl (C=O) groups is 2. The predicted molar refractivity (Wildman–Crippen MR) is 82.6 cm³/mol. The fourth-order valence-corrected chi connectivity index (χ4v) is 2.35. The minimum Gasteiger partial charge on any atom is -0.478 e. The molecule has 1 amide bonds. The maximum atomic E-state index is 11.1. The number of aryl methyl sites for hydroxylation is 2. The van der Waals surface area contributed by atoms with E-state index in [0.717, 1.165) is 27.9 Å². The third kappa shape index (κ3) is 3.28. The average molecular weight is 283 g/mol. The molecule has 0 bridgehead atoms. The van der Waals surface area contributed by atoms with Gasteiger partial charge in [-0.3, -0.25) is 4.79 Å². The minimum atomic E-state index is -0.928. The van der Waals surface area contributed by atoms with Crippen molar-refractivity contribution < 1.29 is 14.7 Å². The maximum absolute atomic E-state index is 11.1. The Labute approximate surface area is 123 Å². The van der Waals surface area contributed by atoms with Gasteiger partial charge in [-0.25, -0.2) is 4.79 Å². The average Bonchev–Trinajstić information content (AvgIpc) is 2.38. The summed E-state index contributed by atoms with van der Waals surface area (Å²) in [7, 11) is 0. The van der Waals surface area contributed by atoms with Crippen LogP contribution in [-0.4, -0.2) is 17.0 Å². The van der Waals surface area contributed by atoms with Crippen LogP contribution in [0.15, 0.2) is 36.4 Å². The van der Waals surface area contributed by atoms with Crippen LogP contribution in [0.5, 0.6) is 0 Å². The van der Waals surface area contributed by atoms with Crippen molar-refractivity contribution >= 4 is 17.6 Å². The largest absolute Gasteiger partial charge is 0.478 e. The summed E-state index contributed by atoms with van der Waals surface area (Å²) < 4.78 is 0. The summed E-state index contributed by atoms with van der Waals surface area (Å²) in [5.74, 6) is -1.04. The summed E-state index contributed by atoms with van der Waals surface area (Å²) in [6, 6.07) is 10.8. The number of nitrogens with one attached hydrogen (secondary N) is 1. The smallest absolute Gasteiger partial charge is 0.335 e. The maximum Gasteiger partial charge on any atom is 0.335 e. The zero-order valence-electron chi connectivity index (χ0n) is 12.2. The third-order valence-corrected chi connectivity index (χ3v) is 3.31. The zero-order chi connectivity index (χ0) is 15.6. The molecular formula is C17H17NO3. The van der Waals surface area contributed by atoms with Crippen molar-refractivity contribution in [1.82, 2.24) is 0 Å². The van der Waals surface area contributed by atoms with Crippen molar-refractivity contribution in [2.24, 2.45) is 0 Å². The van der Waals surface area contributed by atoms with Gasteiger partial charge < -0.3 is 10.4 Å². The van der Waals surface area contributed by atoms with E-state index >= 15 is 0 Å².